The third-order valence-electron chi connectivity index (χ3n) is 2.64. The first-order valence-electron chi connectivity index (χ1n) is 6.55. The summed E-state index contributed by atoms with van der Waals surface area (Å²) in [6.45, 7) is 7.31. The summed E-state index contributed by atoms with van der Waals surface area (Å²) >= 11 is 0. The molecule has 106 valence electrons. The molecular formula is C15H19N3O2. The van der Waals surface area contributed by atoms with Crippen LogP contribution in [0, 0.1) is 10.1 Å². The van der Waals surface area contributed by atoms with Crippen molar-refractivity contribution in [3.05, 3.63) is 64.3 Å². The lowest BCUT2D eigenvalue weighted by Crippen LogP contribution is -1.98. The number of allylic oxidation sites excluding steroid dienone is 4. The molecule has 5 heteroatoms. The van der Waals surface area contributed by atoms with Crippen molar-refractivity contribution in [2.75, 3.05) is 0 Å². The first kappa shape index (κ1) is 15.6. The van der Waals surface area contributed by atoms with Gasteiger partial charge >= 0.3 is 0 Å². The van der Waals surface area contributed by atoms with Crippen molar-refractivity contribution in [3.63, 3.8) is 0 Å². The molecule has 0 bridgehead atoms. The van der Waals surface area contributed by atoms with Gasteiger partial charge in [-0.15, -0.1) is 0 Å². The van der Waals surface area contributed by atoms with Crippen molar-refractivity contribution < 1.29 is 4.92 Å². The molecule has 0 radical (unpaired) electrons. The average Bonchev–Trinajstić information content (AvgIpc) is 2.89. The number of aromatic nitrogens is 2. The number of hydrogen-bond donors (Lipinski definition) is 0. The molecule has 0 N–H and O–H groups in total. The topological polar surface area (TPSA) is 60.4 Å². The fourth-order valence-corrected chi connectivity index (χ4v) is 1.72. The van der Waals surface area contributed by atoms with E-state index in [0.29, 0.717) is 11.3 Å². The Morgan fingerprint density at radius 1 is 1.40 bits per heavy atom. The van der Waals surface area contributed by atoms with E-state index in [9.17, 15) is 10.1 Å². The number of pyridine rings is 1. The number of hydrogen-bond acceptors (Lipinski definition) is 3. The molecule has 5 nitrogen and oxygen atoms in total. The molecule has 0 aliphatic rings. The van der Waals surface area contributed by atoms with Crippen molar-refractivity contribution >= 4 is 11.2 Å². The summed E-state index contributed by atoms with van der Waals surface area (Å²) in [6, 6.07) is 5.63. The van der Waals surface area contributed by atoms with E-state index in [2.05, 4.69) is 4.98 Å². The highest BCUT2D eigenvalue weighted by Gasteiger charge is 2.15. The fourth-order valence-electron chi connectivity index (χ4n) is 1.72. The van der Waals surface area contributed by atoms with Crippen LogP contribution in [0.3, 0.4) is 0 Å². The molecule has 0 aliphatic heterocycles. The molecule has 0 aliphatic carbocycles. The lowest BCUT2D eigenvalue weighted by molar-refractivity contribution is -0.423. The van der Waals surface area contributed by atoms with Crippen molar-refractivity contribution in [2.24, 2.45) is 0 Å². The third-order valence-corrected chi connectivity index (χ3v) is 2.64. The maximum atomic E-state index is 10.9. The Morgan fingerprint density at radius 2 is 2.10 bits per heavy atom. The Kier molecular flexibility index (Phi) is 5.65. The molecule has 2 aromatic heterocycles. The number of fused-ring (bicyclic) bond motifs is 1. The molecule has 20 heavy (non-hydrogen) atoms. The van der Waals surface area contributed by atoms with E-state index in [0.717, 1.165) is 5.65 Å². The van der Waals surface area contributed by atoms with Gasteiger partial charge in [-0.3, -0.25) is 10.1 Å². The minimum Gasteiger partial charge on any atom is -0.306 e. The van der Waals surface area contributed by atoms with Gasteiger partial charge in [-0.2, -0.15) is 0 Å². The van der Waals surface area contributed by atoms with Crippen LogP contribution in [0.2, 0.25) is 0 Å². The minimum absolute atomic E-state index is 0.0940. The average molecular weight is 273 g/mol. The van der Waals surface area contributed by atoms with Crippen molar-refractivity contribution in [1.29, 1.82) is 0 Å². The number of nitro groups is 1. The van der Waals surface area contributed by atoms with Gasteiger partial charge in [0.15, 0.2) is 0 Å². The number of rotatable bonds is 3. The van der Waals surface area contributed by atoms with Crippen LogP contribution >= 0.6 is 0 Å². The van der Waals surface area contributed by atoms with Gasteiger partial charge in [0.05, 0.1) is 16.2 Å². The molecule has 0 unspecified atom stereocenters. The molecule has 0 aromatic carbocycles. The molecule has 0 atom stereocenters. The van der Waals surface area contributed by atoms with Crippen LogP contribution in [-0.2, 0) is 0 Å². The maximum absolute atomic E-state index is 10.9. The fraction of sp³-hybridized carbons (Fsp3) is 0.267. The maximum Gasteiger partial charge on any atom is 0.252 e. The minimum atomic E-state index is -0.390. The second-order valence-corrected chi connectivity index (χ2v) is 3.85. The predicted molar refractivity (Wildman–Crippen MR) is 80.9 cm³/mol. The Hall–Kier alpha value is -2.43. The largest absolute Gasteiger partial charge is 0.306 e. The van der Waals surface area contributed by atoms with Gasteiger partial charge in [0.1, 0.15) is 5.65 Å². The smallest absolute Gasteiger partial charge is 0.252 e. The molecule has 0 amide bonds. The van der Waals surface area contributed by atoms with Crippen LogP contribution in [0.5, 0.6) is 0 Å². The molecule has 2 aromatic rings. The first-order chi connectivity index (χ1) is 9.63. The summed E-state index contributed by atoms with van der Waals surface area (Å²) in [7, 11) is 0. The second-order valence-electron chi connectivity index (χ2n) is 3.85. The molecule has 0 fully saturated rings. The summed E-state index contributed by atoms with van der Waals surface area (Å²) < 4.78 is 1.84. The highest BCUT2D eigenvalue weighted by molar-refractivity contribution is 5.74. The van der Waals surface area contributed by atoms with Crippen LogP contribution in [0.25, 0.3) is 11.2 Å². The van der Waals surface area contributed by atoms with E-state index in [4.69, 9.17) is 0 Å². The highest BCUT2D eigenvalue weighted by atomic mass is 16.6. The summed E-state index contributed by atoms with van der Waals surface area (Å²) in [5.74, 6) is 0. The van der Waals surface area contributed by atoms with E-state index < -0.39 is 0 Å². The molecule has 0 spiro atoms. The van der Waals surface area contributed by atoms with Gasteiger partial charge < -0.3 is 4.40 Å². The van der Waals surface area contributed by atoms with Gasteiger partial charge in [-0.25, -0.2) is 4.98 Å². The molecular weight excluding hydrogens is 254 g/mol. The SMILES string of the molecule is C/C=C\C(=C(/C)[N+](=O)[O-])c1cn2ccccc2n1.CC. The Morgan fingerprint density at radius 3 is 2.65 bits per heavy atom. The quantitative estimate of drug-likeness (QED) is 0.483. The van der Waals surface area contributed by atoms with Crippen LogP contribution in [0.15, 0.2) is 48.4 Å². The zero-order chi connectivity index (χ0) is 15.1. The lowest BCUT2D eigenvalue weighted by atomic mass is 10.1. The van der Waals surface area contributed by atoms with Gasteiger partial charge in [0.25, 0.3) is 5.70 Å². The zero-order valence-corrected chi connectivity index (χ0v) is 12.2. The van der Waals surface area contributed by atoms with Crippen molar-refractivity contribution in [3.8, 4) is 0 Å². The predicted octanol–water partition coefficient (Wildman–Crippen LogP) is 3.94. The molecule has 2 rings (SSSR count). The van der Waals surface area contributed by atoms with Crippen LogP contribution in [0.1, 0.15) is 33.4 Å². The Bertz CT molecular complexity index is 621. The van der Waals surface area contributed by atoms with Gasteiger partial charge in [-0.1, -0.05) is 32.1 Å². The van der Waals surface area contributed by atoms with Crippen LogP contribution in [0.4, 0.5) is 0 Å². The number of imidazole rings is 1. The summed E-state index contributed by atoms with van der Waals surface area (Å²) in [5.41, 5.74) is 2.00. The first-order valence-corrected chi connectivity index (χ1v) is 6.55. The number of nitrogens with zero attached hydrogens (tertiary/aromatic N) is 3. The Balaban J connectivity index is 0.000000956. The molecule has 2 heterocycles. The molecule has 0 saturated heterocycles. The van der Waals surface area contributed by atoms with E-state index in [1.165, 1.54) is 6.92 Å². The summed E-state index contributed by atoms with van der Waals surface area (Å²) in [6.07, 6.45) is 7.13. The second kappa shape index (κ2) is 7.23. The van der Waals surface area contributed by atoms with Crippen molar-refractivity contribution in [2.45, 2.75) is 27.7 Å². The third kappa shape index (κ3) is 3.32. The normalized spacial score (nSPS) is 12.0. The lowest BCUT2D eigenvalue weighted by Gasteiger charge is -1.97. The van der Waals surface area contributed by atoms with Crippen molar-refractivity contribution in [1.82, 2.24) is 9.38 Å². The zero-order valence-electron chi connectivity index (χ0n) is 12.2. The van der Waals surface area contributed by atoms with E-state index in [-0.39, 0.29) is 10.6 Å². The van der Waals surface area contributed by atoms with Gasteiger partial charge in [-0.05, 0) is 19.1 Å². The van der Waals surface area contributed by atoms with E-state index in [1.807, 2.05) is 49.6 Å². The summed E-state index contributed by atoms with van der Waals surface area (Å²) in [4.78, 5) is 14.9. The monoisotopic (exact) mass is 273 g/mol. The standard InChI is InChI=1S/C13H13N3O2.C2H6/c1-3-6-11(10(2)16(17)18)12-9-15-8-5-4-7-13(15)14-12;1-2/h3-9H,1-2H3;1-2H3/b6-3-,11-10-;. The van der Waals surface area contributed by atoms with E-state index in [1.54, 1.807) is 18.3 Å². The van der Waals surface area contributed by atoms with Gasteiger partial charge in [0.2, 0.25) is 0 Å². The van der Waals surface area contributed by atoms with Gasteiger partial charge in [0, 0.05) is 19.3 Å². The Labute approximate surface area is 118 Å². The van der Waals surface area contributed by atoms with E-state index >= 15 is 0 Å². The summed E-state index contributed by atoms with van der Waals surface area (Å²) in [5, 5.41) is 10.9. The molecule has 0 saturated carbocycles. The highest BCUT2D eigenvalue weighted by Crippen LogP contribution is 2.20. The van der Waals surface area contributed by atoms with Crippen LogP contribution < -0.4 is 0 Å². The van der Waals surface area contributed by atoms with Crippen LogP contribution in [-0.4, -0.2) is 14.3 Å².